The molecule has 1 saturated heterocycles. The van der Waals surface area contributed by atoms with E-state index >= 15 is 0 Å². The van der Waals surface area contributed by atoms with Crippen molar-refractivity contribution in [2.24, 2.45) is 0 Å². The highest BCUT2D eigenvalue weighted by molar-refractivity contribution is 7.99. The van der Waals surface area contributed by atoms with E-state index < -0.39 is 33.4 Å². The van der Waals surface area contributed by atoms with Gasteiger partial charge in [-0.05, 0) is 30.0 Å². The SMILES string of the molecule is Cc1cc([N+](=O)[O-])ccc1NC(=O)COC(=O)c1sccc1S(=O)(=O)N1CCSCC1. The van der Waals surface area contributed by atoms with Crippen molar-refractivity contribution in [2.75, 3.05) is 36.5 Å². The van der Waals surface area contributed by atoms with Gasteiger partial charge in [0.25, 0.3) is 11.6 Å². The molecule has 0 spiro atoms. The van der Waals surface area contributed by atoms with Crippen molar-refractivity contribution in [3.63, 3.8) is 0 Å². The highest BCUT2D eigenvalue weighted by atomic mass is 32.2. The van der Waals surface area contributed by atoms with E-state index in [2.05, 4.69) is 5.32 Å². The number of esters is 1. The number of nitro groups is 1. The summed E-state index contributed by atoms with van der Waals surface area (Å²) in [5.74, 6) is -0.189. The van der Waals surface area contributed by atoms with Gasteiger partial charge in [-0.3, -0.25) is 14.9 Å². The summed E-state index contributed by atoms with van der Waals surface area (Å²) in [5.41, 5.74) is 0.704. The van der Waals surface area contributed by atoms with Crippen LogP contribution in [0.15, 0.2) is 34.5 Å². The second-order valence-corrected chi connectivity index (χ2v) is 10.6. The Hall–Kier alpha value is -2.48. The Kier molecular flexibility index (Phi) is 7.30. The largest absolute Gasteiger partial charge is 0.451 e. The maximum Gasteiger partial charge on any atom is 0.350 e. The van der Waals surface area contributed by atoms with Gasteiger partial charge in [0, 0.05) is 42.4 Å². The predicted molar refractivity (Wildman–Crippen MR) is 117 cm³/mol. The van der Waals surface area contributed by atoms with Gasteiger partial charge in [0.05, 0.1) is 4.92 Å². The number of carbonyl (C=O) groups is 2. The molecule has 1 aromatic carbocycles. The first-order valence-corrected chi connectivity index (χ1v) is 12.5. The minimum atomic E-state index is -3.82. The molecule has 1 aliphatic rings. The molecule has 0 aliphatic carbocycles. The predicted octanol–water partition coefficient (Wildman–Crippen LogP) is 2.50. The van der Waals surface area contributed by atoms with Crippen LogP contribution in [0.4, 0.5) is 11.4 Å². The molecule has 1 fully saturated rings. The monoisotopic (exact) mass is 485 g/mol. The number of non-ortho nitro benzene ring substituents is 1. The number of benzene rings is 1. The number of aryl methyl sites for hydroxylation is 1. The zero-order valence-electron chi connectivity index (χ0n) is 16.4. The number of ether oxygens (including phenoxy) is 1. The molecular formula is C18H19N3O7S3. The maximum atomic E-state index is 12.9. The van der Waals surface area contributed by atoms with Crippen LogP contribution in [0.25, 0.3) is 0 Å². The zero-order chi connectivity index (χ0) is 22.6. The van der Waals surface area contributed by atoms with Crippen LogP contribution in [-0.4, -0.2) is 60.7 Å². The molecule has 1 aromatic heterocycles. The first-order chi connectivity index (χ1) is 14.7. The van der Waals surface area contributed by atoms with Crippen molar-refractivity contribution in [3.05, 3.63) is 50.2 Å². The van der Waals surface area contributed by atoms with E-state index in [1.165, 1.54) is 34.0 Å². The van der Waals surface area contributed by atoms with Crippen molar-refractivity contribution in [2.45, 2.75) is 11.8 Å². The van der Waals surface area contributed by atoms with Gasteiger partial charge in [0.1, 0.15) is 9.77 Å². The van der Waals surface area contributed by atoms with E-state index in [1.54, 1.807) is 18.7 Å². The molecule has 0 unspecified atom stereocenters. The number of nitrogens with one attached hydrogen (secondary N) is 1. The van der Waals surface area contributed by atoms with Gasteiger partial charge in [-0.1, -0.05) is 0 Å². The van der Waals surface area contributed by atoms with Crippen molar-refractivity contribution >= 4 is 56.4 Å². The van der Waals surface area contributed by atoms with Crippen LogP contribution in [0.5, 0.6) is 0 Å². The van der Waals surface area contributed by atoms with E-state index in [4.69, 9.17) is 4.74 Å². The average molecular weight is 486 g/mol. The van der Waals surface area contributed by atoms with E-state index in [9.17, 15) is 28.1 Å². The number of carbonyl (C=O) groups excluding carboxylic acids is 2. The van der Waals surface area contributed by atoms with Crippen LogP contribution in [0, 0.1) is 17.0 Å². The van der Waals surface area contributed by atoms with Gasteiger partial charge in [-0.25, -0.2) is 13.2 Å². The summed E-state index contributed by atoms with van der Waals surface area (Å²) < 4.78 is 32.1. The molecule has 31 heavy (non-hydrogen) atoms. The number of nitrogens with zero attached hydrogens (tertiary/aromatic N) is 2. The number of hydrogen-bond donors (Lipinski definition) is 1. The van der Waals surface area contributed by atoms with Crippen molar-refractivity contribution in [1.29, 1.82) is 0 Å². The van der Waals surface area contributed by atoms with Crippen LogP contribution >= 0.6 is 23.1 Å². The lowest BCUT2D eigenvalue weighted by Gasteiger charge is -2.25. The minimum Gasteiger partial charge on any atom is -0.451 e. The number of sulfonamides is 1. The third-order valence-corrected chi connectivity index (χ3v) is 8.34. The summed E-state index contributed by atoms with van der Waals surface area (Å²) in [5, 5.41) is 14.8. The maximum absolute atomic E-state index is 12.9. The summed E-state index contributed by atoms with van der Waals surface area (Å²) in [6.45, 7) is 1.70. The first-order valence-electron chi connectivity index (χ1n) is 9.07. The Morgan fingerprint density at radius 1 is 1.26 bits per heavy atom. The lowest BCUT2D eigenvalue weighted by molar-refractivity contribution is -0.384. The molecule has 0 bridgehead atoms. The third kappa shape index (κ3) is 5.42. The number of hydrogen-bond acceptors (Lipinski definition) is 9. The molecule has 2 aromatic rings. The topological polar surface area (TPSA) is 136 Å². The molecule has 1 amide bonds. The van der Waals surface area contributed by atoms with E-state index in [-0.39, 0.29) is 15.5 Å². The smallest absolute Gasteiger partial charge is 0.350 e. The Morgan fingerprint density at radius 3 is 2.61 bits per heavy atom. The summed E-state index contributed by atoms with van der Waals surface area (Å²) in [6.07, 6.45) is 0. The molecule has 166 valence electrons. The Labute approximate surface area is 186 Å². The fourth-order valence-corrected chi connectivity index (χ4v) is 6.72. The summed E-state index contributed by atoms with van der Waals surface area (Å²) in [4.78, 5) is 34.6. The van der Waals surface area contributed by atoms with E-state index in [1.807, 2.05) is 0 Å². The van der Waals surface area contributed by atoms with Gasteiger partial charge in [-0.2, -0.15) is 16.1 Å². The highest BCUT2D eigenvalue weighted by Crippen LogP contribution is 2.28. The summed E-state index contributed by atoms with van der Waals surface area (Å²) in [6, 6.07) is 5.30. The molecule has 10 nitrogen and oxygen atoms in total. The zero-order valence-corrected chi connectivity index (χ0v) is 18.8. The van der Waals surface area contributed by atoms with Gasteiger partial charge in [0.15, 0.2) is 6.61 Å². The third-order valence-electron chi connectivity index (χ3n) is 4.43. The van der Waals surface area contributed by atoms with Crippen LogP contribution in [0.2, 0.25) is 0 Å². The van der Waals surface area contributed by atoms with Crippen LogP contribution in [0.1, 0.15) is 15.2 Å². The molecule has 0 saturated carbocycles. The number of amides is 1. The molecule has 13 heteroatoms. The summed E-state index contributed by atoms with van der Waals surface area (Å²) >= 11 is 2.59. The number of thiophene rings is 1. The van der Waals surface area contributed by atoms with Gasteiger partial charge in [0.2, 0.25) is 10.0 Å². The van der Waals surface area contributed by atoms with Crippen molar-refractivity contribution in [3.8, 4) is 0 Å². The second-order valence-electron chi connectivity index (χ2n) is 6.51. The second kappa shape index (κ2) is 9.77. The molecule has 1 N–H and O–H groups in total. The Bertz CT molecular complexity index is 1110. The molecule has 1 aliphatic heterocycles. The van der Waals surface area contributed by atoms with Crippen molar-refractivity contribution < 1.29 is 27.7 Å². The lowest BCUT2D eigenvalue weighted by atomic mass is 10.2. The Balaban J connectivity index is 1.63. The van der Waals surface area contributed by atoms with Gasteiger partial charge >= 0.3 is 5.97 Å². The van der Waals surface area contributed by atoms with Crippen LogP contribution in [0.3, 0.4) is 0 Å². The quantitative estimate of drug-likeness (QED) is 0.359. The average Bonchev–Trinajstić information content (AvgIpc) is 3.25. The number of rotatable bonds is 7. The lowest BCUT2D eigenvalue weighted by Crippen LogP contribution is -2.38. The molecule has 3 rings (SSSR count). The Morgan fingerprint density at radius 2 is 1.97 bits per heavy atom. The molecular weight excluding hydrogens is 466 g/mol. The van der Waals surface area contributed by atoms with Gasteiger partial charge < -0.3 is 10.1 Å². The highest BCUT2D eigenvalue weighted by Gasteiger charge is 2.31. The molecule has 0 radical (unpaired) electrons. The normalized spacial score (nSPS) is 14.7. The molecule has 2 heterocycles. The minimum absolute atomic E-state index is 0.0856. The van der Waals surface area contributed by atoms with Crippen LogP contribution < -0.4 is 5.32 Å². The van der Waals surface area contributed by atoms with Gasteiger partial charge in [-0.15, -0.1) is 11.3 Å². The number of anilines is 1. The number of thioether (sulfide) groups is 1. The summed E-state index contributed by atoms with van der Waals surface area (Å²) in [7, 11) is -3.82. The van der Waals surface area contributed by atoms with E-state index in [0.29, 0.717) is 35.8 Å². The fourth-order valence-electron chi connectivity index (χ4n) is 2.86. The number of nitro benzene ring substituents is 1. The standard InChI is InChI=1S/C18H19N3O7S3/c1-12-10-13(21(24)25)2-3-14(12)19-16(22)11-28-18(23)17-15(4-7-30-17)31(26,27)20-5-8-29-9-6-20/h2-4,7,10H,5-6,8-9,11H2,1H3,(H,19,22). The molecule has 0 atom stereocenters. The first kappa shape index (κ1) is 23.2. The fraction of sp³-hybridized carbons (Fsp3) is 0.333. The van der Waals surface area contributed by atoms with E-state index in [0.717, 1.165) is 11.3 Å². The van der Waals surface area contributed by atoms with Crippen molar-refractivity contribution in [1.82, 2.24) is 4.31 Å². The van der Waals surface area contributed by atoms with Crippen LogP contribution in [-0.2, 0) is 19.6 Å².